The predicted octanol–water partition coefficient (Wildman–Crippen LogP) is 3.50. The van der Waals surface area contributed by atoms with Crippen LogP contribution in [0.25, 0.3) is 0 Å². The minimum Gasteiger partial charge on any atom is -0.497 e. The van der Waals surface area contributed by atoms with Gasteiger partial charge in [0.1, 0.15) is 11.4 Å². The fraction of sp³-hybridized carbons (Fsp3) is 0.227. The van der Waals surface area contributed by atoms with Crippen molar-refractivity contribution in [3.63, 3.8) is 0 Å². The molecule has 0 saturated heterocycles. The molecule has 0 bridgehead atoms. The standard InChI is InChI=1S/C22H22N4O2/c1-15-11-17-5-3-4-6-20(17)26(15)21-14-23-19(13-24-21)22(27)25-12-16-7-9-18(28-2)10-8-16/h3-10,13-15H,11-12H2,1-2H3,(H,25,27). The fourth-order valence-corrected chi connectivity index (χ4v) is 3.49. The van der Waals surface area contributed by atoms with E-state index < -0.39 is 0 Å². The number of aromatic nitrogens is 2. The molecule has 6 heteroatoms. The number of carbonyl (C=O) groups is 1. The first-order valence-corrected chi connectivity index (χ1v) is 9.26. The highest BCUT2D eigenvalue weighted by Gasteiger charge is 2.27. The lowest BCUT2D eigenvalue weighted by molar-refractivity contribution is 0.0945. The highest BCUT2D eigenvalue weighted by Crippen LogP contribution is 2.36. The van der Waals surface area contributed by atoms with Crippen LogP contribution in [-0.4, -0.2) is 29.0 Å². The molecule has 1 amide bonds. The fourth-order valence-electron chi connectivity index (χ4n) is 3.49. The monoisotopic (exact) mass is 374 g/mol. The highest BCUT2D eigenvalue weighted by atomic mass is 16.5. The lowest BCUT2D eigenvalue weighted by Gasteiger charge is -2.23. The van der Waals surface area contributed by atoms with Crippen molar-refractivity contribution in [3.05, 3.63) is 77.7 Å². The number of carbonyl (C=O) groups excluding carboxylic acids is 1. The van der Waals surface area contributed by atoms with Crippen LogP contribution in [0.3, 0.4) is 0 Å². The third-order valence-corrected chi connectivity index (χ3v) is 4.94. The van der Waals surface area contributed by atoms with Crippen LogP contribution in [0.15, 0.2) is 60.9 Å². The molecule has 1 aromatic heterocycles. The summed E-state index contributed by atoms with van der Waals surface area (Å²) in [6.07, 6.45) is 4.18. The summed E-state index contributed by atoms with van der Waals surface area (Å²) in [6.45, 7) is 2.58. The number of hydrogen-bond donors (Lipinski definition) is 1. The van der Waals surface area contributed by atoms with Gasteiger partial charge in [0.25, 0.3) is 5.91 Å². The summed E-state index contributed by atoms with van der Waals surface area (Å²) in [4.78, 5) is 23.4. The van der Waals surface area contributed by atoms with E-state index in [4.69, 9.17) is 4.74 Å². The number of benzene rings is 2. The van der Waals surface area contributed by atoms with Crippen LogP contribution in [0.1, 0.15) is 28.5 Å². The molecule has 1 N–H and O–H groups in total. The van der Waals surface area contributed by atoms with E-state index in [9.17, 15) is 4.79 Å². The summed E-state index contributed by atoms with van der Waals surface area (Å²) in [7, 11) is 1.63. The Morgan fingerprint density at radius 2 is 1.93 bits per heavy atom. The molecule has 6 nitrogen and oxygen atoms in total. The zero-order valence-electron chi connectivity index (χ0n) is 15.9. The van der Waals surface area contributed by atoms with E-state index in [1.165, 1.54) is 11.8 Å². The Morgan fingerprint density at radius 3 is 2.64 bits per heavy atom. The molecule has 1 aliphatic rings. The number of amides is 1. The van der Waals surface area contributed by atoms with E-state index in [1.54, 1.807) is 13.3 Å². The maximum Gasteiger partial charge on any atom is 0.271 e. The smallest absolute Gasteiger partial charge is 0.271 e. The zero-order valence-corrected chi connectivity index (χ0v) is 15.9. The predicted molar refractivity (Wildman–Crippen MR) is 108 cm³/mol. The lowest BCUT2D eigenvalue weighted by atomic mass is 10.1. The number of nitrogens with zero attached hydrogens (tertiary/aromatic N) is 3. The van der Waals surface area contributed by atoms with Gasteiger partial charge < -0.3 is 15.0 Å². The van der Waals surface area contributed by atoms with Crippen LogP contribution in [0, 0.1) is 0 Å². The average molecular weight is 374 g/mol. The molecular formula is C22H22N4O2. The third-order valence-electron chi connectivity index (χ3n) is 4.94. The van der Waals surface area contributed by atoms with Gasteiger partial charge in [0, 0.05) is 18.3 Å². The van der Waals surface area contributed by atoms with Crippen molar-refractivity contribution in [3.8, 4) is 5.75 Å². The molecule has 2 heterocycles. The number of nitrogens with one attached hydrogen (secondary N) is 1. The molecule has 0 saturated carbocycles. The summed E-state index contributed by atoms with van der Waals surface area (Å²) >= 11 is 0. The maximum atomic E-state index is 12.4. The average Bonchev–Trinajstić information content (AvgIpc) is 3.08. The number of ether oxygens (including phenoxy) is 1. The van der Waals surface area contributed by atoms with Gasteiger partial charge in [-0.25, -0.2) is 9.97 Å². The summed E-state index contributed by atoms with van der Waals surface area (Å²) in [6, 6.07) is 16.2. The van der Waals surface area contributed by atoms with Gasteiger partial charge in [-0.2, -0.15) is 0 Å². The normalized spacial score (nSPS) is 15.2. The van der Waals surface area contributed by atoms with Crippen molar-refractivity contribution in [1.29, 1.82) is 0 Å². The first-order valence-electron chi connectivity index (χ1n) is 9.26. The molecule has 142 valence electrons. The van der Waals surface area contributed by atoms with Crippen LogP contribution < -0.4 is 15.0 Å². The van der Waals surface area contributed by atoms with Crippen molar-refractivity contribution in [2.75, 3.05) is 12.0 Å². The van der Waals surface area contributed by atoms with Gasteiger partial charge in [0.15, 0.2) is 5.82 Å². The van der Waals surface area contributed by atoms with Gasteiger partial charge in [-0.3, -0.25) is 4.79 Å². The second-order valence-electron chi connectivity index (χ2n) is 6.84. The van der Waals surface area contributed by atoms with Gasteiger partial charge >= 0.3 is 0 Å². The van der Waals surface area contributed by atoms with Crippen molar-refractivity contribution < 1.29 is 9.53 Å². The second-order valence-corrected chi connectivity index (χ2v) is 6.84. The lowest BCUT2D eigenvalue weighted by Crippen LogP contribution is -2.26. The molecule has 1 unspecified atom stereocenters. The molecular weight excluding hydrogens is 352 g/mol. The highest BCUT2D eigenvalue weighted by molar-refractivity contribution is 5.92. The van der Waals surface area contributed by atoms with Crippen molar-refractivity contribution >= 4 is 17.4 Å². The van der Waals surface area contributed by atoms with E-state index in [0.717, 1.165) is 29.2 Å². The molecule has 4 rings (SSSR count). The zero-order chi connectivity index (χ0) is 19.5. The number of methoxy groups -OCH3 is 1. The molecule has 3 aromatic rings. The number of anilines is 2. The largest absolute Gasteiger partial charge is 0.497 e. The molecule has 0 aliphatic carbocycles. The number of para-hydroxylation sites is 1. The van der Waals surface area contributed by atoms with E-state index in [2.05, 4.69) is 45.3 Å². The molecule has 1 atom stereocenters. The van der Waals surface area contributed by atoms with E-state index >= 15 is 0 Å². The van der Waals surface area contributed by atoms with Crippen LogP contribution in [-0.2, 0) is 13.0 Å². The molecule has 0 radical (unpaired) electrons. The summed E-state index contributed by atoms with van der Waals surface area (Å²) in [5.74, 6) is 1.29. The van der Waals surface area contributed by atoms with Crippen LogP contribution in [0.4, 0.5) is 11.5 Å². The number of fused-ring (bicyclic) bond motifs is 1. The molecule has 28 heavy (non-hydrogen) atoms. The quantitative estimate of drug-likeness (QED) is 0.740. The minimum atomic E-state index is -0.246. The molecule has 0 spiro atoms. The second kappa shape index (κ2) is 7.68. The van der Waals surface area contributed by atoms with Gasteiger partial charge in [-0.1, -0.05) is 30.3 Å². The van der Waals surface area contributed by atoms with E-state index in [0.29, 0.717) is 18.3 Å². The topological polar surface area (TPSA) is 67.3 Å². The third kappa shape index (κ3) is 3.53. The maximum absolute atomic E-state index is 12.4. The Labute approximate surface area is 164 Å². The van der Waals surface area contributed by atoms with Crippen LogP contribution in [0.5, 0.6) is 5.75 Å². The van der Waals surface area contributed by atoms with Gasteiger partial charge in [-0.15, -0.1) is 0 Å². The van der Waals surface area contributed by atoms with Gasteiger partial charge in [0.2, 0.25) is 0 Å². The summed E-state index contributed by atoms with van der Waals surface area (Å²) in [5, 5.41) is 2.87. The molecule has 0 fully saturated rings. The summed E-state index contributed by atoms with van der Waals surface area (Å²) < 4.78 is 5.14. The van der Waals surface area contributed by atoms with Crippen LogP contribution in [0.2, 0.25) is 0 Å². The Morgan fingerprint density at radius 1 is 1.14 bits per heavy atom. The van der Waals surface area contributed by atoms with Gasteiger partial charge in [-0.05, 0) is 42.7 Å². The van der Waals surface area contributed by atoms with Crippen molar-refractivity contribution in [2.45, 2.75) is 25.9 Å². The number of rotatable bonds is 5. The Kier molecular flexibility index (Phi) is 4.93. The Hall–Kier alpha value is -3.41. The Balaban J connectivity index is 1.43. The van der Waals surface area contributed by atoms with Crippen molar-refractivity contribution in [2.24, 2.45) is 0 Å². The molecule has 2 aromatic carbocycles. The van der Waals surface area contributed by atoms with E-state index in [-0.39, 0.29) is 5.91 Å². The molecule has 1 aliphatic heterocycles. The Bertz CT molecular complexity index is 971. The number of hydrogen-bond acceptors (Lipinski definition) is 5. The van der Waals surface area contributed by atoms with Gasteiger partial charge in [0.05, 0.1) is 19.5 Å². The van der Waals surface area contributed by atoms with Crippen molar-refractivity contribution in [1.82, 2.24) is 15.3 Å². The first-order chi connectivity index (χ1) is 13.7. The summed E-state index contributed by atoms with van der Waals surface area (Å²) in [5.41, 5.74) is 3.75. The minimum absolute atomic E-state index is 0.246. The SMILES string of the molecule is COc1ccc(CNC(=O)c2cnc(N3c4ccccc4CC3C)cn2)cc1. The van der Waals surface area contributed by atoms with Crippen LogP contribution >= 0.6 is 0 Å². The van der Waals surface area contributed by atoms with E-state index in [1.807, 2.05) is 30.3 Å². The first kappa shape index (κ1) is 18.0.